The predicted molar refractivity (Wildman–Crippen MR) is 105 cm³/mol. The van der Waals surface area contributed by atoms with Crippen molar-refractivity contribution < 1.29 is 4.79 Å². The quantitative estimate of drug-likeness (QED) is 0.676. The van der Waals surface area contributed by atoms with Crippen molar-refractivity contribution in [2.24, 2.45) is 0 Å². The number of benzene rings is 2. The van der Waals surface area contributed by atoms with Gasteiger partial charge in [-0.2, -0.15) is 0 Å². The fourth-order valence-corrected chi connectivity index (χ4v) is 2.66. The molecule has 0 saturated carbocycles. The molecule has 26 heavy (non-hydrogen) atoms. The van der Waals surface area contributed by atoms with Crippen LogP contribution in [0.4, 0.5) is 11.6 Å². The Bertz CT molecular complexity index is 915. The number of aromatic nitrogens is 2. The summed E-state index contributed by atoms with van der Waals surface area (Å²) >= 11 is 6.00. The van der Waals surface area contributed by atoms with Crippen LogP contribution >= 0.6 is 11.6 Å². The smallest absolute Gasteiger partial charge is 0.274 e. The highest BCUT2D eigenvalue weighted by molar-refractivity contribution is 6.31. The molecule has 0 saturated heterocycles. The molecule has 0 radical (unpaired) electrons. The summed E-state index contributed by atoms with van der Waals surface area (Å²) in [6.07, 6.45) is 1.56. The van der Waals surface area contributed by atoms with Gasteiger partial charge in [0.15, 0.2) is 0 Å². The highest BCUT2D eigenvalue weighted by atomic mass is 35.5. The second-order valence-electron chi connectivity index (χ2n) is 5.96. The second-order valence-corrected chi connectivity index (χ2v) is 6.39. The lowest BCUT2D eigenvalue weighted by Gasteiger charge is -2.14. The molecule has 2 N–H and O–H groups in total. The average molecular weight is 367 g/mol. The van der Waals surface area contributed by atoms with Gasteiger partial charge in [-0.15, -0.1) is 0 Å². The largest absolute Gasteiger partial charge is 0.348 e. The van der Waals surface area contributed by atoms with Gasteiger partial charge in [0.05, 0.1) is 6.04 Å². The van der Waals surface area contributed by atoms with Crippen molar-refractivity contribution in [1.29, 1.82) is 0 Å². The van der Waals surface area contributed by atoms with E-state index in [1.54, 1.807) is 24.4 Å². The van der Waals surface area contributed by atoms with Crippen molar-refractivity contribution in [2.45, 2.75) is 19.9 Å². The summed E-state index contributed by atoms with van der Waals surface area (Å²) in [5, 5.41) is 6.62. The van der Waals surface area contributed by atoms with Crippen molar-refractivity contribution in [3.63, 3.8) is 0 Å². The van der Waals surface area contributed by atoms with Gasteiger partial charge in [-0.25, -0.2) is 9.97 Å². The third kappa shape index (κ3) is 4.37. The maximum Gasteiger partial charge on any atom is 0.274 e. The number of nitrogens with zero attached hydrogens (tertiary/aromatic N) is 2. The number of aryl methyl sites for hydroxylation is 1. The van der Waals surface area contributed by atoms with Crippen LogP contribution in [0.5, 0.6) is 0 Å². The van der Waals surface area contributed by atoms with E-state index in [0.717, 1.165) is 11.1 Å². The van der Waals surface area contributed by atoms with Crippen molar-refractivity contribution in [1.82, 2.24) is 9.97 Å². The maximum atomic E-state index is 12.5. The summed E-state index contributed by atoms with van der Waals surface area (Å²) in [6.45, 7) is 3.92. The molecule has 3 aromatic rings. The third-order valence-corrected chi connectivity index (χ3v) is 4.22. The van der Waals surface area contributed by atoms with Crippen LogP contribution in [-0.4, -0.2) is 15.9 Å². The molecule has 1 amide bonds. The average Bonchev–Trinajstić information content (AvgIpc) is 2.65. The predicted octanol–water partition coefficient (Wildman–Crippen LogP) is 4.86. The lowest BCUT2D eigenvalue weighted by molar-refractivity contribution is 0.102. The summed E-state index contributed by atoms with van der Waals surface area (Å²) in [7, 11) is 0. The van der Waals surface area contributed by atoms with Crippen LogP contribution in [0, 0.1) is 6.92 Å². The zero-order valence-electron chi connectivity index (χ0n) is 14.5. The molecule has 0 aliphatic carbocycles. The Balaban J connectivity index is 1.74. The van der Waals surface area contributed by atoms with Crippen molar-refractivity contribution in [3.05, 3.63) is 82.6 Å². The number of carbonyl (C=O) groups excluding carboxylic acids is 1. The molecule has 0 fully saturated rings. The van der Waals surface area contributed by atoms with E-state index in [-0.39, 0.29) is 17.6 Å². The van der Waals surface area contributed by atoms with Crippen molar-refractivity contribution in [3.8, 4) is 0 Å². The maximum absolute atomic E-state index is 12.5. The minimum absolute atomic E-state index is 0.0182. The summed E-state index contributed by atoms with van der Waals surface area (Å²) < 4.78 is 0. The Labute approximate surface area is 157 Å². The Hall–Kier alpha value is -2.92. The number of carbonyl (C=O) groups is 1. The molecular weight excluding hydrogens is 348 g/mol. The number of anilines is 2. The summed E-state index contributed by atoms with van der Waals surface area (Å²) in [4.78, 5) is 21.0. The van der Waals surface area contributed by atoms with E-state index >= 15 is 0 Å². The van der Waals surface area contributed by atoms with Crippen LogP contribution in [0.25, 0.3) is 0 Å². The van der Waals surface area contributed by atoms with Gasteiger partial charge in [0.25, 0.3) is 5.91 Å². The van der Waals surface area contributed by atoms with E-state index < -0.39 is 0 Å². The highest BCUT2D eigenvalue weighted by Gasteiger charge is 2.12. The van der Waals surface area contributed by atoms with Gasteiger partial charge in [-0.05, 0) is 43.2 Å². The topological polar surface area (TPSA) is 66.9 Å². The van der Waals surface area contributed by atoms with Gasteiger partial charge >= 0.3 is 0 Å². The number of nitrogens with one attached hydrogen (secondary N) is 2. The fraction of sp³-hybridized carbons (Fsp3) is 0.150. The SMILES string of the molecule is Cc1ccc(Cl)cc1NC(=O)c1ccnc(NC(C)c2ccccc2)n1. The van der Waals surface area contributed by atoms with E-state index in [1.165, 1.54) is 0 Å². The van der Waals surface area contributed by atoms with Gasteiger partial charge in [-0.1, -0.05) is 48.0 Å². The molecule has 3 rings (SSSR count). The van der Waals surface area contributed by atoms with E-state index in [4.69, 9.17) is 11.6 Å². The monoisotopic (exact) mass is 366 g/mol. The molecule has 0 spiro atoms. The lowest BCUT2D eigenvalue weighted by Crippen LogP contribution is -2.16. The van der Waals surface area contributed by atoms with Crippen molar-refractivity contribution >= 4 is 29.1 Å². The standard InChI is InChI=1S/C20H19ClN4O/c1-13-8-9-16(21)12-18(13)24-19(26)17-10-11-22-20(25-17)23-14(2)15-6-4-3-5-7-15/h3-12,14H,1-2H3,(H,24,26)(H,22,23,25). The Kier molecular flexibility index (Phi) is 5.49. The zero-order valence-corrected chi connectivity index (χ0v) is 15.3. The normalized spacial score (nSPS) is 11.7. The minimum Gasteiger partial charge on any atom is -0.348 e. The Morgan fingerprint density at radius 1 is 1.12 bits per heavy atom. The van der Waals surface area contributed by atoms with Crippen molar-refractivity contribution in [2.75, 3.05) is 10.6 Å². The Morgan fingerprint density at radius 2 is 1.88 bits per heavy atom. The first-order chi connectivity index (χ1) is 12.5. The molecule has 5 nitrogen and oxygen atoms in total. The molecule has 1 unspecified atom stereocenters. The van der Waals surface area contributed by atoms with E-state index in [9.17, 15) is 4.79 Å². The summed E-state index contributed by atoms with van der Waals surface area (Å²) in [5.74, 6) is 0.0880. The van der Waals surface area contributed by atoms with Crippen LogP contribution in [0.1, 0.15) is 34.6 Å². The van der Waals surface area contributed by atoms with E-state index in [2.05, 4.69) is 20.6 Å². The van der Waals surface area contributed by atoms with Gasteiger partial charge in [0, 0.05) is 16.9 Å². The van der Waals surface area contributed by atoms with Gasteiger partial charge in [-0.3, -0.25) is 4.79 Å². The van der Waals surface area contributed by atoms with Crippen LogP contribution in [0.3, 0.4) is 0 Å². The van der Waals surface area contributed by atoms with Gasteiger partial charge in [0.1, 0.15) is 5.69 Å². The molecular formula is C20H19ClN4O. The number of hydrogen-bond acceptors (Lipinski definition) is 4. The molecule has 0 bridgehead atoms. The Morgan fingerprint density at radius 3 is 2.65 bits per heavy atom. The lowest BCUT2D eigenvalue weighted by atomic mass is 10.1. The van der Waals surface area contributed by atoms with Crippen LogP contribution in [0.2, 0.25) is 5.02 Å². The molecule has 132 valence electrons. The molecule has 2 aromatic carbocycles. The van der Waals surface area contributed by atoms with E-state index in [1.807, 2.05) is 50.2 Å². The number of halogens is 1. The first-order valence-electron chi connectivity index (χ1n) is 8.25. The first-order valence-corrected chi connectivity index (χ1v) is 8.63. The molecule has 0 aliphatic rings. The first kappa shape index (κ1) is 17.9. The summed E-state index contributed by atoms with van der Waals surface area (Å²) in [6, 6.07) is 16.9. The van der Waals surface area contributed by atoms with Crippen LogP contribution in [0.15, 0.2) is 60.8 Å². The highest BCUT2D eigenvalue weighted by Crippen LogP contribution is 2.21. The molecule has 1 aromatic heterocycles. The zero-order chi connectivity index (χ0) is 18.5. The second kappa shape index (κ2) is 7.97. The minimum atomic E-state index is -0.312. The number of amides is 1. The summed E-state index contributed by atoms with van der Waals surface area (Å²) in [5.41, 5.74) is 2.98. The number of hydrogen-bond donors (Lipinski definition) is 2. The molecule has 1 atom stereocenters. The van der Waals surface area contributed by atoms with Gasteiger partial charge < -0.3 is 10.6 Å². The number of rotatable bonds is 5. The molecule has 0 aliphatic heterocycles. The third-order valence-electron chi connectivity index (χ3n) is 3.98. The van der Waals surface area contributed by atoms with Crippen LogP contribution < -0.4 is 10.6 Å². The molecule has 1 heterocycles. The fourth-order valence-electron chi connectivity index (χ4n) is 2.49. The van der Waals surface area contributed by atoms with Crippen LogP contribution in [-0.2, 0) is 0 Å². The molecule has 6 heteroatoms. The van der Waals surface area contributed by atoms with Gasteiger partial charge in [0.2, 0.25) is 5.95 Å². The van der Waals surface area contributed by atoms with E-state index in [0.29, 0.717) is 16.7 Å².